The summed E-state index contributed by atoms with van der Waals surface area (Å²) in [7, 11) is 0. The van der Waals surface area contributed by atoms with Crippen LogP contribution in [0, 0.1) is 0 Å². The predicted molar refractivity (Wildman–Crippen MR) is 71.8 cm³/mol. The topological polar surface area (TPSA) is 58.6 Å². The zero-order chi connectivity index (χ0) is 13.5. The summed E-state index contributed by atoms with van der Waals surface area (Å²) in [5.41, 5.74) is 0.672. The maximum atomic E-state index is 12.4. The number of hydrogen-bond acceptors (Lipinski definition) is 3. The van der Waals surface area contributed by atoms with Gasteiger partial charge in [-0.05, 0) is 18.9 Å². The molecule has 1 fully saturated rings. The number of nitrogens with one attached hydrogen (secondary N) is 1. The summed E-state index contributed by atoms with van der Waals surface area (Å²) in [6.07, 6.45) is 2.28. The number of ether oxygens (including phenoxy) is 1. The van der Waals surface area contributed by atoms with Gasteiger partial charge >= 0.3 is 0 Å². The molecule has 4 heteroatoms. The van der Waals surface area contributed by atoms with E-state index in [0.29, 0.717) is 12.8 Å². The number of amides is 1. The van der Waals surface area contributed by atoms with Crippen LogP contribution in [0.1, 0.15) is 38.2 Å². The first-order chi connectivity index (χ1) is 9.15. The van der Waals surface area contributed by atoms with Gasteiger partial charge in [0, 0.05) is 17.7 Å². The van der Waals surface area contributed by atoms with Gasteiger partial charge in [-0.15, -0.1) is 0 Å². The molecule has 2 aliphatic rings. The van der Waals surface area contributed by atoms with E-state index in [2.05, 4.69) is 12.2 Å². The van der Waals surface area contributed by atoms with Crippen LogP contribution in [0.2, 0.25) is 0 Å². The molecule has 0 aromatic heterocycles. The number of fused-ring (bicyclic) bond motifs is 2. The van der Waals surface area contributed by atoms with Crippen LogP contribution in [-0.2, 0) is 15.1 Å². The molecule has 0 radical (unpaired) electrons. The third-order valence-corrected chi connectivity index (χ3v) is 4.01. The van der Waals surface area contributed by atoms with Crippen LogP contribution in [0.15, 0.2) is 24.3 Å². The molecule has 0 saturated carbocycles. The Kier molecular flexibility index (Phi) is 3.07. The van der Waals surface area contributed by atoms with Gasteiger partial charge in [-0.2, -0.15) is 0 Å². The molecule has 0 bridgehead atoms. The van der Waals surface area contributed by atoms with Crippen molar-refractivity contribution in [2.75, 3.05) is 5.32 Å². The highest BCUT2D eigenvalue weighted by molar-refractivity contribution is 6.05. The van der Waals surface area contributed by atoms with Crippen LogP contribution >= 0.6 is 0 Å². The lowest BCUT2D eigenvalue weighted by Crippen LogP contribution is -2.48. The number of carbonyl (C=O) groups excluding carboxylic acids is 1. The standard InChI is InChI=1S/C15H19NO3/c1-2-5-11-8-10(17)9-15(19-11)12-6-3-4-7-13(12)16-14(15)18/h3-4,6-7,10-11,17H,2,5,8-9H2,1H3,(H,16,18)/t10?,11-,15+/m1/s1. The van der Waals surface area contributed by atoms with E-state index in [1.54, 1.807) is 0 Å². The minimum Gasteiger partial charge on any atom is -0.393 e. The lowest BCUT2D eigenvalue weighted by atomic mass is 9.84. The first-order valence-corrected chi connectivity index (χ1v) is 6.92. The highest BCUT2D eigenvalue weighted by atomic mass is 16.5. The SMILES string of the molecule is CCC[C@@H]1CC(O)C[C@@]2(O1)C(=O)Nc1ccccc12. The summed E-state index contributed by atoms with van der Waals surface area (Å²) in [5.74, 6) is -0.145. The van der Waals surface area contributed by atoms with Crippen molar-refractivity contribution in [3.05, 3.63) is 29.8 Å². The maximum Gasteiger partial charge on any atom is 0.261 e. The molecule has 3 atom stereocenters. The largest absolute Gasteiger partial charge is 0.393 e. The van der Waals surface area contributed by atoms with E-state index in [1.165, 1.54) is 0 Å². The Balaban J connectivity index is 1.99. The van der Waals surface area contributed by atoms with Crippen LogP contribution < -0.4 is 5.32 Å². The smallest absolute Gasteiger partial charge is 0.261 e. The minimum atomic E-state index is -0.992. The summed E-state index contributed by atoms with van der Waals surface area (Å²) < 4.78 is 6.11. The zero-order valence-corrected chi connectivity index (χ0v) is 11.1. The number of aliphatic hydroxyl groups excluding tert-OH is 1. The summed E-state index contributed by atoms with van der Waals surface area (Å²) in [4.78, 5) is 12.4. The average molecular weight is 261 g/mol. The Bertz CT molecular complexity index is 502. The monoisotopic (exact) mass is 261 g/mol. The van der Waals surface area contributed by atoms with Crippen LogP contribution in [0.3, 0.4) is 0 Å². The molecule has 1 aromatic carbocycles. The van der Waals surface area contributed by atoms with Gasteiger partial charge in [-0.3, -0.25) is 4.79 Å². The highest BCUT2D eigenvalue weighted by Crippen LogP contribution is 2.46. The number of benzene rings is 1. The van der Waals surface area contributed by atoms with Crippen molar-refractivity contribution < 1.29 is 14.6 Å². The lowest BCUT2D eigenvalue weighted by Gasteiger charge is -2.39. The molecule has 0 aliphatic carbocycles. The second-order valence-electron chi connectivity index (χ2n) is 5.45. The Morgan fingerprint density at radius 1 is 1.47 bits per heavy atom. The fourth-order valence-corrected chi connectivity index (χ4v) is 3.21. The molecule has 102 valence electrons. The predicted octanol–water partition coefficient (Wildman–Crippen LogP) is 2.17. The summed E-state index contributed by atoms with van der Waals surface area (Å²) in [6.45, 7) is 2.08. The fraction of sp³-hybridized carbons (Fsp3) is 0.533. The normalized spacial score (nSPS) is 33.3. The lowest BCUT2D eigenvalue weighted by molar-refractivity contribution is -0.178. The number of aliphatic hydroxyl groups is 1. The van der Waals surface area contributed by atoms with E-state index in [1.807, 2.05) is 24.3 Å². The number of hydrogen-bond donors (Lipinski definition) is 2. The van der Waals surface area contributed by atoms with Gasteiger partial charge in [-0.1, -0.05) is 31.5 Å². The van der Waals surface area contributed by atoms with Gasteiger partial charge < -0.3 is 15.2 Å². The zero-order valence-electron chi connectivity index (χ0n) is 11.1. The van der Waals surface area contributed by atoms with Crippen molar-refractivity contribution in [1.29, 1.82) is 0 Å². The number of rotatable bonds is 2. The summed E-state index contributed by atoms with van der Waals surface area (Å²) in [5, 5.41) is 13.0. The first kappa shape index (κ1) is 12.6. The molecule has 1 aromatic rings. The van der Waals surface area contributed by atoms with Crippen LogP contribution in [0.25, 0.3) is 0 Å². The molecule has 2 heterocycles. The van der Waals surface area contributed by atoms with Crippen molar-refractivity contribution in [1.82, 2.24) is 0 Å². The van der Waals surface area contributed by atoms with Gasteiger partial charge in [0.1, 0.15) is 0 Å². The second-order valence-corrected chi connectivity index (χ2v) is 5.45. The van der Waals surface area contributed by atoms with Gasteiger partial charge in [-0.25, -0.2) is 0 Å². The fourth-order valence-electron chi connectivity index (χ4n) is 3.21. The number of anilines is 1. The van der Waals surface area contributed by atoms with E-state index < -0.39 is 11.7 Å². The summed E-state index contributed by atoms with van der Waals surface area (Å²) >= 11 is 0. The maximum absolute atomic E-state index is 12.4. The number of para-hydroxylation sites is 1. The molecule has 1 spiro atoms. The van der Waals surface area contributed by atoms with Crippen molar-refractivity contribution in [2.24, 2.45) is 0 Å². The van der Waals surface area contributed by atoms with E-state index in [0.717, 1.165) is 24.1 Å². The molecule has 3 rings (SSSR count). The van der Waals surface area contributed by atoms with Crippen LogP contribution in [-0.4, -0.2) is 23.2 Å². The van der Waals surface area contributed by atoms with Crippen LogP contribution in [0.5, 0.6) is 0 Å². The average Bonchev–Trinajstić information content (AvgIpc) is 2.62. The number of carbonyl (C=O) groups is 1. The van der Waals surface area contributed by atoms with E-state index in [-0.39, 0.29) is 12.0 Å². The Morgan fingerprint density at radius 3 is 3.05 bits per heavy atom. The molecule has 1 unspecified atom stereocenters. The molecule has 19 heavy (non-hydrogen) atoms. The van der Waals surface area contributed by atoms with Crippen LogP contribution in [0.4, 0.5) is 5.69 Å². The highest BCUT2D eigenvalue weighted by Gasteiger charge is 2.52. The quantitative estimate of drug-likeness (QED) is 0.857. The Hall–Kier alpha value is -1.39. The van der Waals surface area contributed by atoms with Gasteiger partial charge in [0.25, 0.3) is 5.91 Å². The van der Waals surface area contributed by atoms with E-state index in [4.69, 9.17) is 4.74 Å². The van der Waals surface area contributed by atoms with E-state index >= 15 is 0 Å². The summed E-state index contributed by atoms with van der Waals surface area (Å²) in [6, 6.07) is 7.58. The third kappa shape index (κ3) is 1.95. The van der Waals surface area contributed by atoms with E-state index in [9.17, 15) is 9.90 Å². The minimum absolute atomic E-state index is 0.0503. The third-order valence-electron chi connectivity index (χ3n) is 4.01. The molecule has 2 N–H and O–H groups in total. The van der Waals surface area contributed by atoms with Gasteiger partial charge in [0.15, 0.2) is 5.60 Å². The molecular formula is C15H19NO3. The van der Waals surface area contributed by atoms with Crippen molar-refractivity contribution in [3.8, 4) is 0 Å². The molecule has 4 nitrogen and oxygen atoms in total. The molecule has 1 amide bonds. The van der Waals surface area contributed by atoms with Crippen molar-refractivity contribution in [3.63, 3.8) is 0 Å². The van der Waals surface area contributed by atoms with Gasteiger partial charge in [0.05, 0.1) is 12.2 Å². The Morgan fingerprint density at radius 2 is 2.26 bits per heavy atom. The van der Waals surface area contributed by atoms with Crippen molar-refractivity contribution in [2.45, 2.75) is 50.4 Å². The molecular weight excluding hydrogens is 242 g/mol. The van der Waals surface area contributed by atoms with Crippen molar-refractivity contribution >= 4 is 11.6 Å². The first-order valence-electron chi connectivity index (χ1n) is 6.92. The molecule has 1 saturated heterocycles. The van der Waals surface area contributed by atoms with Gasteiger partial charge in [0.2, 0.25) is 0 Å². The second kappa shape index (κ2) is 4.62. The Labute approximate surface area is 112 Å². The molecule has 2 aliphatic heterocycles.